The van der Waals surface area contributed by atoms with Gasteiger partial charge in [-0.3, -0.25) is 0 Å². The van der Waals surface area contributed by atoms with Crippen molar-refractivity contribution in [1.82, 2.24) is 0 Å². The van der Waals surface area contributed by atoms with Gasteiger partial charge < -0.3 is 15.2 Å². The van der Waals surface area contributed by atoms with Crippen LogP contribution in [0.2, 0.25) is 0 Å². The number of rotatable bonds is 4. The molecule has 1 aliphatic carbocycles. The summed E-state index contributed by atoms with van der Waals surface area (Å²) >= 11 is 0. The highest BCUT2D eigenvalue weighted by Crippen LogP contribution is 2.33. The third-order valence-electron chi connectivity index (χ3n) is 4.48. The Bertz CT molecular complexity index is 472. The molecule has 1 aromatic carbocycles. The van der Waals surface area contributed by atoms with Crippen LogP contribution < -0.4 is 10.5 Å². The van der Waals surface area contributed by atoms with Crippen molar-refractivity contribution in [1.29, 1.82) is 0 Å². The van der Waals surface area contributed by atoms with E-state index >= 15 is 0 Å². The van der Waals surface area contributed by atoms with Crippen LogP contribution in [0.25, 0.3) is 0 Å². The molecule has 0 spiro atoms. The number of nitrogens with two attached hydrogens (primary N) is 1. The van der Waals surface area contributed by atoms with E-state index in [1.807, 2.05) is 0 Å². The summed E-state index contributed by atoms with van der Waals surface area (Å²) in [7, 11) is 0. The quantitative estimate of drug-likeness (QED) is 0.921. The largest absolute Gasteiger partial charge is 0.487 e. The van der Waals surface area contributed by atoms with Crippen LogP contribution >= 0.6 is 0 Å². The third kappa shape index (κ3) is 2.81. The van der Waals surface area contributed by atoms with Crippen molar-refractivity contribution in [2.75, 3.05) is 13.2 Å². The first-order chi connectivity index (χ1) is 9.71. The number of halogens is 1. The van der Waals surface area contributed by atoms with Gasteiger partial charge >= 0.3 is 0 Å². The topological polar surface area (TPSA) is 44.5 Å². The van der Waals surface area contributed by atoms with Gasteiger partial charge in [0.25, 0.3) is 0 Å². The smallest absolute Gasteiger partial charge is 0.126 e. The number of ether oxygens (including phenoxy) is 2. The Kier molecular flexibility index (Phi) is 3.94. The van der Waals surface area contributed by atoms with E-state index in [0.717, 1.165) is 24.2 Å². The molecule has 1 saturated carbocycles. The van der Waals surface area contributed by atoms with Gasteiger partial charge in [0.1, 0.15) is 17.7 Å². The monoisotopic (exact) mass is 279 g/mol. The summed E-state index contributed by atoms with van der Waals surface area (Å²) in [6.07, 6.45) is 6.43. The summed E-state index contributed by atoms with van der Waals surface area (Å²) < 4.78 is 25.1. The molecule has 0 amide bonds. The van der Waals surface area contributed by atoms with Crippen molar-refractivity contribution in [2.24, 2.45) is 5.73 Å². The summed E-state index contributed by atoms with van der Waals surface area (Å²) in [5, 5.41) is 0. The molecule has 3 rings (SSSR count). The molecule has 2 N–H and O–H groups in total. The van der Waals surface area contributed by atoms with E-state index < -0.39 is 0 Å². The van der Waals surface area contributed by atoms with Crippen LogP contribution in [0.15, 0.2) is 18.2 Å². The van der Waals surface area contributed by atoms with E-state index in [9.17, 15) is 4.39 Å². The second-order valence-corrected chi connectivity index (χ2v) is 5.95. The molecular weight excluding hydrogens is 257 g/mol. The van der Waals surface area contributed by atoms with Crippen LogP contribution in [0.4, 0.5) is 4.39 Å². The van der Waals surface area contributed by atoms with Crippen molar-refractivity contribution >= 4 is 0 Å². The van der Waals surface area contributed by atoms with Gasteiger partial charge in [-0.25, -0.2) is 4.39 Å². The summed E-state index contributed by atoms with van der Waals surface area (Å²) in [6, 6.07) is 4.68. The molecule has 1 fully saturated rings. The van der Waals surface area contributed by atoms with Crippen LogP contribution in [0, 0.1) is 5.82 Å². The zero-order valence-electron chi connectivity index (χ0n) is 11.7. The normalized spacial score (nSPS) is 24.2. The minimum absolute atomic E-state index is 0.0165. The second kappa shape index (κ2) is 5.70. The zero-order valence-corrected chi connectivity index (χ0v) is 11.7. The minimum atomic E-state index is -0.209. The molecule has 20 heavy (non-hydrogen) atoms. The van der Waals surface area contributed by atoms with E-state index in [1.54, 1.807) is 12.1 Å². The van der Waals surface area contributed by atoms with Gasteiger partial charge in [0.15, 0.2) is 0 Å². The lowest BCUT2D eigenvalue weighted by Gasteiger charge is -2.36. The van der Waals surface area contributed by atoms with E-state index in [4.69, 9.17) is 15.2 Å². The standard InChI is InChI=1S/C16H22FNO2/c17-13-4-5-15-12(8-13)9-14(20-15)10-19-16(11-18)6-2-1-3-7-16/h4-5,8,14H,1-3,6-7,9-11,18H2. The highest BCUT2D eigenvalue weighted by atomic mass is 19.1. The summed E-state index contributed by atoms with van der Waals surface area (Å²) in [6.45, 7) is 1.11. The lowest BCUT2D eigenvalue weighted by Crippen LogP contribution is -2.44. The van der Waals surface area contributed by atoms with Crippen molar-refractivity contribution in [3.63, 3.8) is 0 Å². The van der Waals surface area contributed by atoms with Crippen molar-refractivity contribution in [2.45, 2.75) is 50.2 Å². The van der Waals surface area contributed by atoms with Gasteiger partial charge in [0.05, 0.1) is 12.2 Å². The van der Waals surface area contributed by atoms with Crippen molar-refractivity contribution < 1.29 is 13.9 Å². The van der Waals surface area contributed by atoms with Gasteiger partial charge in [-0.05, 0) is 31.0 Å². The van der Waals surface area contributed by atoms with E-state index in [0.29, 0.717) is 19.6 Å². The Balaban J connectivity index is 1.57. The van der Waals surface area contributed by atoms with Crippen LogP contribution in [0.1, 0.15) is 37.7 Å². The fraction of sp³-hybridized carbons (Fsp3) is 0.625. The maximum absolute atomic E-state index is 13.2. The van der Waals surface area contributed by atoms with E-state index in [2.05, 4.69) is 0 Å². The molecule has 1 heterocycles. The van der Waals surface area contributed by atoms with Crippen molar-refractivity contribution in [3.8, 4) is 5.75 Å². The molecule has 110 valence electrons. The van der Waals surface area contributed by atoms with Crippen LogP contribution in [0.5, 0.6) is 5.75 Å². The highest BCUT2D eigenvalue weighted by molar-refractivity contribution is 5.37. The summed E-state index contributed by atoms with van der Waals surface area (Å²) in [5.74, 6) is 0.574. The third-order valence-corrected chi connectivity index (χ3v) is 4.48. The van der Waals surface area contributed by atoms with Gasteiger partial charge in [-0.2, -0.15) is 0 Å². The summed E-state index contributed by atoms with van der Waals surface area (Å²) in [4.78, 5) is 0. The molecular formula is C16H22FNO2. The molecule has 1 atom stereocenters. The fourth-order valence-corrected chi connectivity index (χ4v) is 3.26. The molecule has 1 aromatic rings. The second-order valence-electron chi connectivity index (χ2n) is 5.95. The molecule has 0 saturated heterocycles. The first kappa shape index (κ1) is 13.8. The number of fused-ring (bicyclic) bond motifs is 1. The van der Waals surface area contributed by atoms with Gasteiger partial charge in [-0.15, -0.1) is 0 Å². The average Bonchev–Trinajstić information content (AvgIpc) is 2.88. The maximum Gasteiger partial charge on any atom is 0.126 e. The maximum atomic E-state index is 13.2. The molecule has 0 bridgehead atoms. The zero-order chi connectivity index (χ0) is 14.0. The van der Waals surface area contributed by atoms with Gasteiger partial charge in [0.2, 0.25) is 0 Å². The molecule has 1 unspecified atom stereocenters. The number of benzene rings is 1. The Morgan fingerprint density at radius 1 is 1.30 bits per heavy atom. The molecule has 4 heteroatoms. The van der Waals surface area contributed by atoms with E-state index in [1.165, 1.54) is 25.3 Å². The Hall–Kier alpha value is -1.13. The highest BCUT2D eigenvalue weighted by Gasteiger charge is 2.33. The molecule has 0 aromatic heterocycles. The van der Waals surface area contributed by atoms with Crippen molar-refractivity contribution in [3.05, 3.63) is 29.6 Å². The average molecular weight is 279 g/mol. The Morgan fingerprint density at radius 2 is 2.10 bits per heavy atom. The minimum Gasteiger partial charge on any atom is -0.487 e. The first-order valence-electron chi connectivity index (χ1n) is 7.50. The molecule has 2 aliphatic rings. The van der Waals surface area contributed by atoms with E-state index in [-0.39, 0.29) is 17.5 Å². The molecule has 1 aliphatic heterocycles. The Morgan fingerprint density at radius 3 is 2.85 bits per heavy atom. The summed E-state index contributed by atoms with van der Waals surface area (Å²) in [5.41, 5.74) is 6.68. The molecule has 0 radical (unpaired) electrons. The SMILES string of the molecule is NCC1(OCC2Cc3cc(F)ccc3O2)CCCCC1. The fourth-order valence-electron chi connectivity index (χ4n) is 3.26. The predicted octanol–water partition coefficient (Wildman–Crippen LogP) is 2.81. The van der Waals surface area contributed by atoms with Gasteiger partial charge in [0, 0.05) is 18.5 Å². The number of hydrogen-bond acceptors (Lipinski definition) is 3. The predicted molar refractivity (Wildman–Crippen MR) is 75.3 cm³/mol. The lowest BCUT2D eigenvalue weighted by molar-refractivity contribution is -0.0854. The number of hydrogen-bond donors (Lipinski definition) is 1. The first-order valence-corrected chi connectivity index (χ1v) is 7.50. The molecule has 3 nitrogen and oxygen atoms in total. The van der Waals surface area contributed by atoms with Crippen LogP contribution in [0.3, 0.4) is 0 Å². The van der Waals surface area contributed by atoms with Crippen LogP contribution in [-0.4, -0.2) is 24.9 Å². The lowest BCUT2D eigenvalue weighted by atomic mass is 9.84. The van der Waals surface area contributed by atoms with Gasteiger partial charge in [-0.1, -0.05) is 19.3 Å². The Labute approximate surface area is 119 Å². The van der Waals surface area contributed by atoms with Crippen LogP contribution in [-0.2, 0) is 11.2 Å².